The molecule has 2 aliphatic rings. The Labute approximate surface area is 143 Å². The number of hydrogen-bond donors (Lipinski definition) is 0. The van der Waals surface area contributed by atoms with E-state index in [1.54, 1.807) is 5.56 Å². The van der Waals surface area contributed by atoms with Crippen molar-refractivity contribution in [3.8, 4) is 0 Å². The molecule has 2 saturated heterocycles. The maximum absolute atomic E-state index is 2.67. The van der Waals surface area contributed by atoms with E-state index in [0.29, 0.717) is 11.5 Å². The molecule has 2 nitrogen and oxygen atoms in total. The zero-order valence-electron chi connectivity index (χ0n) is 14.2. The number of hydrogen-bond acceptors (Lipinski definition) is 3. The third-order valence-electron chi connectivity index (χ3n) is 5.91. The fraction of sp³-hybridized carbons (Fsp3) is 0.500. The molecule has 0 spiro atoms. The molecule has 1 aromatic heterocycles. The summed E-state index contributed by atoms with van der Waals surface area (Å²) in [6.07, 6.45) is 2.60. The van der Waals surface area contributed by atoms with Crippen LogP contribution in [0.25, 0.3) is 0 Å². The fourth-order valence-electron chi connectivity index (χ4n) is 4.60. The number of benzene rings is 1. The minimum Gasteiger partial charge on any atom is -0.301 e. The first-order chi connectivity index (χ1) is 11.2. The normalized spacial score (nSPS) is 28.9. The minimum atomic E-state index is 0.373. The van der Waals surface area contributed by atoms with E-state index in [1.807, 2.05) is 11.3 Å². The molecule has 2 fully saturated rings. The van der Waals surface area contributed by atoms with Crippen molar-refractivity contribution in [1.29, 1.82) is 0 Å². The third kappa shape index (κ3) is 2.75. The molecule has 2 aliphatic heterocycles. The van der Waals surface area contributed by atoms with Gasteiger partial charge in [0.1, 0.15) is 0 Å². The Kier molecular flexibility index (Phi) is 4.04. The highest BCUT2D eigenvalue weighted by Gasteiger charge is 2.49. The van der Waals surface area contributed by atoms with Gasteiger partial charge in [0.15, 0.2) is 0 Å². The van der Waals surface area contributed by atoms with E-state index in [-0.39, 0.29) is 0 Å². The smallest absolute Gasteiger partial charge is 0.0328 e. The number of nitrogens with zero attached hydrogens (tertiary/aromatic N) is 2. The van der Waals surface area contributed by atoms with E-state index < -0.39 is 0 Å². The number of likely N-dealkylation sites (N-methyl/N-ethyl adjacent to an activating group) is 1. The molecule has 0 amide bonds. The predicted molar refractivity (Wildman–Crippen MR) is 98.1 cm³/mol. The number of rotatable bonds is 3. The summed E-state index contributed by atoms with van der Waals surface area (Å²) < 4.78 is 0. The molecule has 122 valence electrons. The van der Waals surface area contributed by atoms with Gasteiger partial charge >= 0.3 is 0 Å². The van der Waals surface area contributed by atoms with Crippen molar-refractivity contribution in [3.63, 3.8) is 0 Å². The first-order valence-electron chi connectivity index (χ1n) is 8.71. The molecule has 1 aromatic carbocycles. The number of likely N-dealkylation sites (tertiary alicyclic amines) is 2. The van der Waals surface area contributed by atoms with Gasteiger partial charge in [-0.25, -0.2) is 0 Å². The summed E-state index contributed by atoms with van der Waals surface area (Å²) >= 11 is 1.95. The largest absolute Gasteiger partial charge is 0.301 e. The first kappa shape index (κ1) is 15.4. The molecule has 0 aliphatic carbocycles. The van der Waals surface area contributed by atoms with Crippen LogP contribution in [0.15, 0.2) is 42.5 Å². The molecule has 2 aromatic rings. The fourth-order valence-corrected chi connectivity index (χ4v) is 5.54. The lowest BCUT2D eigenvalue weighted by atomic mass is 9.69. The van der Waals surface area contributed by atoms with Crippen LogP contribution in [-0.2, 0) is 12.0 Å². The summed E-state index contributed by atoms with van der Waals surface area (Å²) in [6.45, 7) is 6.97. The average Bonchev–Trinajstić information content (AvgIpc) is 3.13. The van der Waals surface area contributed by atoms with E-state index in [0.717, 1.165) is 6.54 Å². The number of aryl methyl sites for hydroxylation is 1. The van der Waals surface area contributed by atoms with E-state index in [9.17, 15) is 0 Å². The Morgan fingerprint density at radius 2 is 1.87 bits per heavy atom. The second-order valence-corrected chi connectivity index (χ2v) is 8.64. The Balaban J connectivity index is 1.55. The summed E-state index contributed by atoms with van der Waals surface area (Å²) in [5.74, 6) is 0. The van der Waals surface area contributed by atoms with Gasteiger partial charge in [0.2, 0.25) is 0 Å². The van der Waals surface area contributed by atoms with Crippen molar-refractivity contribution in [1.82, 2.24) is 9.80 Å². The second-order valence-electron chi connectivity index (χ2n) is 7.27. The van der Waals surface area contributed by atoms with Gasteiger partial charge in [0.25, 0.3) is 0 Å². The lowest BCUT2D eigenvalue weighted by Gasteiger charge is -2.46. The van der Waals surface area contributed by atoms with Crippen LogP contribution in [0, 0.1) is 6.92 Å². The van der Waals surface area contributed by atoms with E-state index in [1.165, 1.54) is 42.2 Å². The van der Waals surface area contributed by atoms with Crippen LogP contribution in [0.1, 0.15) is 28.2 Å². The molecule has 3 heterocycles. The lowest BCUT2D eigenvalue weighted by molar-refractivity contribution is 0.0924. The highest BCUT2D eigenvalue weighted by molar-refractivity contribution is 7.11. The predicted octanol–water partition coefficient (Wildman–Crippen LogP) is 3.90. The topological polar surface area (TPSA) is 6.48 Å². The van der Waals surface area contributed by atoms with Gasteiger partial charge in [-0.2, -0.15) is 0 Å². The number of piperidine rings is 1. The summed E-state index contributed by atoms with van der Waals surface area (Å²) in [5, 5.41) is 0. The van der Waals surface area contributed by atoms with Crippen LogP contribution in [0.4, 0.5) is 0 Å². The molecular weight excluding hydrogens is 300 g/mol. The monoisotopic (exact) mass is 326 g/mol. The molecule has 0 saturated carbocycles. The quantitative estimate of drug-likeness (QED) is 0.844. The molecule has 3 heteroatoms. The second kappa shape index (κ2) is 6.04. The minimum absolute atomic E-state index is 0.373. The van der Waals surface area contributed by atoms with Gasteiger partial charge < -0.3 is 4.90 Å². The zero-order valence-corrected chi connectivity index (χ0v) is 15.0. The Bertz CT molecular complexity index is 665. The van der Waals surface area contributed by atoms with Crippen LogP contribution in [0.2, 0.25) is 0 Å². The van der Waals surface area contributed by atoms with Crippen LogP contribution >= 0.6 is 11.3 Å². The summed E-state index contributed by atoms with van der Waals surface area (Å²) in [5.41, 5.74) is 1.93. The molecule has 2 unspecified atom stereocenters. The molecule has 2 atom stereocenters. The summed E-state index contributed by atoms with van der Waals surface area (Å²) in [7, 11) is 2.31. The van der Waals surface area contributed by atoms with Crippen molar-refractivity contribution < 1.29 is 0 Å². The standard InChI is InChI=1S/C20H26N2S/c1-16-8-9-18(23-16)14-22-13-11-20(17-6-4-3-5-7-17)10-12-21(2)19(20)15-22/h3-9,19H,10-15H2,1-2H3. The Morgan fingerprint density at radius 3 is 2.61 bits per heavy atom. The van der Waals surface area contributed by atoms with Crippen molar-refractivity contribution in [2.75, 3.05) is 26.7 Å². The van der Waals surface area contributed by atoms with Gasteiger partial charge in [0.05, 0.1) is 0 Å². The Hall–Kier alpha value is -1.16. The van der Waals surface area contributed by atoms with Crippen molar-refractivity contribution in [3.05, 3.63) is 57.8 Å². The number of fused-ring (bicyclic) bond motifs is 1. The van der Waals surface area contributed by atoms with E-state index in [2.05, 4.69) is 66.2 Å². The maximum atomic E-state index is 2.67. The lowest BCUT2D eigenvalue weighted by Crippen LogP contribution is -2.54. The van der Waals surface area contributed by atoms with Gasteiger partial charge in [-0.05, 0) is 57.6 Å². The maximum Gasteiger partial charge on any atom is 0.0328 e. The van der Waals surface area contributed by atoms with Gasteiger partial charge in [-0.3, -0.25) is 4.90 Å². The Morgan fingerprint density at radius 1 is 1.09 bits per heavy atom. The van der Waals surface area contributed by atoms with Gasteiger partial charge in [0, 0.05) is 34.3 Å². The number of thiophene rings is 1. The molecule has 0 bridgehead atoms. The highest BCUT2D eigenvalue weighted by atomic mass is 32.1. The average molecular weight is 327 g/mol. The SMILES string of the molecule is Cc1ccc(CN2CCC3(c4ccccc4)CCN(C)C3C2)s1. The summed E-state index contributed by atoms with van der Waals surface area (Å²) in [4.78, 5) is 8.20. The van der Waals surface area contributed by atoms with Gasteiger partial charge in [-0.1, -0.05) is 30.3 Å². The van der Waals surface area contributed by atoms with Crippen LogP contribution in [0.5, 0.6) is 0 Å². The van der Waals surface area contributed by atoms with E-state index in [4.69, 9.17) is 0 Å². The molecule has 4 rings (SSSR count). The van der Waals surface area contributed by atoms with Crippen LogP contribution < -0.4 is 0 Å². The molecule has 23 heavy (non-hydrogen) atoms. The third-order valence-corrected chi connectivity index (χ3v) is 6.90. The van der Waals surface area contributed by atoms with Gasteiger partial charge in [-0.15, -0.1) is 11.3 Å². The molecular formula is C20H26N2S. The van der Waals surface area contributed by atoms with E-state index >= 15 is 0 Å². The highest BCUT2D eigenvalue weighted by Crippen LogP contribution is 2.45. The molecule has 0 N–H and O–H groups in total. The van der Waals surface area contributed by atoms with Crippen LogP contribution in [-0.4, -0.2) is 42.5 Å². The van der Waals surface area contributed by atoms with Crippen molar-refractivity contribution in [2.24, 2.45) is 0 Å². The first-order valence-corrected chi connectivity index (χ1v) is 9.52. The van der Waals surface area contributed by atoms with Crippen LogP contribution in [0.3, 0.4) is 0 Å². The summed E-state index contributed by atoms with van der Waals surface area (Å²) in [6, 6.07) is 16.5. The zero-order chi connectivity index (χ0) is 15.9. The van der Waals surface area contributed by atoms with Crippen molar-refractivity contribution in [2.45, 2.75) is 37.8 Å². The molecule has 0 radical (unpaired) electrons. The van der Waals surface area contributed by atoms with Crippen molar-refractivity contribution >= 4 is 11.3 Å².